The zero-order chi connectivity index (χ0) is 15.9. The van der Waals surface area contributed by atoms with Crippen molar-refractivity contribution in [1.29, 1.82) is 0 Å². The second kappa shape index (κ2) is 4.96. The third-order valence-electron chi connectivity index (χ3n) is 1.42. The van der Waals surface area contributed by atoms with Crippen molar-refractivity contribution in [2.45, 2.75) is 23.5 Å². The van der Waals surface area contributed by atoms with Crippen LogP contribution in [0.3, 0.4) is 0 Å². The van der Waals surface area contributed by atoms with E-state index in [1.54, 1.807) is 0 Å². The third kappa shape index (κ3) is 3.61. The van der Waals surface area contributed by atoms with Gasteiger partial charge in [-0.2, -0.15) is 48.3 Å². The van der Waals surface area contributed by atoms with Crippen LogP contribution in [0, 0.1) is 0 Å². The number of alkyl halides is 9. The summed E-state index contributed by atoms with van der Waals surface area (Å²) in [5.41, 5.74) is 0. The van der Waals surface area contributed by atoms with Crippen molar-refractivity contribution in [3.63, 3.8) is 0 Å². The van der Waals surface area contributed by atoms with Gasteiger partial charge in [-0.05, 0) is 11.6 Å². The predicted molar refractivity (Wildman–Crippen MR) is 37.1 cm³/mol. The molecule has 114 valence electrons. The van der Waals surface area contributed by atoms with E-state index >= 15 is 0 Å². The molecule has 0 aromatic carbocycles. The van der Waals surface area contributed by atoms with Gasteiger partial charge in [0.05, 0.1) is 0 Å². The fourth-order valence-electron chi connectivity index (χ4n) is 0.608. The van der Waals surface area contributed by atoms with Gasteiger partial charge < -0.3 is 0 Å². The van der Waals surface area contributed by atoms with Crippen molar-refractivity contribution in [2.24, 2.45) is 0 Å². The van der Waals surface area contributed by atoms with Crippen LogP contribution in [0.25, 0.3) is 0 Å². The molecule has 0 spiro atoms. The highest BCUT2D eigenvalue weighted by atomic mass is 35.5. The van der Waals surface area contributed by atoms with Crippen molar-refractivity contribution in [3.8, 4) is 0 Å². The Hall–Kier alpha value is -0.780. The summed E-state index contributed by atoms with van der Waals surface area (Å²) in [5.74, 6) is -10.6. The van der Waals surface area contributed by atoms with E-state index in [-0.39, 0.29) is 0 Å². The molecule has 0 aromatic rings. The summed E-state index contributed by atoms with van der Waals surface area (Å²) in [7, 11) is 0. The van der Waals surface area contributed by atoms with Crippen LogP contribution in [-0.2, 0) is 4.74 Å². The maximum atomic E-state index is 12.8. The van der Waals surface area contributed by atoms with Crippen LogP contribution in [0.1, 0.15) is 0 Å². The lowest BCUT2D eigenvalue weighted by atomic mass is 10.3. The first-order chi connectivity index (χ1) is 8.06. The molecular formula is C6ClF11O. The molecule has 0 fully saturated rings. The summed E-state index contributed by atoms with van der Waals surface area (Å²) in [5, 5.41) is -6.14. The van der Waals surface area contributed by atoms with Crippen LogP contribution >= 0.6 is 11.6 Å². The maximum Gasteiger partial charge on any atom is 0.456 e. The van der Waals surface area contributed by atoms with Gasteiger partial charge in [0.15, 0.2) is 0 Å². The van der Waals surface area contributed by atoms with Crippen LogP contribution in [0.15, 0.2) is 11.9 Å². The van der Waals surface area contributed by atoms with E-state index in [9.17, 15) is 48.3 Å². The molecule has 0 N–H and O–H groups in total. The Bertz CT molecular complexity index is 348. The lowest BCUT2D eigenvalue weighted by Gasteiger charge is -2.32. The minimum atomic E-state index is -6.87. The van der Waals surface area contributed by atoms with Crippen LogP contribution in [0.5, 0.6) is 0 Å². The van der Waals surface area contributed by atoms with Gasteiger partial charge in [-0.1, -0.05) is 0 Å². The number of hydrogen-bond donors (Lipinski definition) is 0. The average molecular weight is 332 g/mol. The van der Waals surface area contributed by atoms with Gasteiger partial charge in [-0.15, -0.1) is 0 Å². The number of rotatable bonds is 4. The second-order valence-corrected chi connectivity index (χ2v) is 3.26. The summed E-state index contributed by atoms with van der Waals surface area (Å²) in [6.07, 6.45) is -17.1. The van der Waals surface area contributed by atoms with Crippen LogP contribution in [0.2, 0.25) is 0 Å². The van der Waals surface area contributed by atoms with Gasteiger partial charge in [0.2, 0.25) is 0 Å². The Morgan fingerprint density at radius 1 is 0.789 bits per heavy atom. The van der Waals surface area contributed by atoms with Gasteiger partial charge in [-0.25, -0.2) is 0 Å². The lowest BCUT2D eigenvalue weighted by molar-refractivity contribution is -0.439. The zero-order valence-electron chi connectivity index (χ0n) is 7.94. The van der Waals surface area contributed by atoms with Gasteiger partial charge >= 0.3 is 29.6 Å². The summed E-state index contributed by atoms with van der Waals surface area (Å²) >= 11 is 3.60. The molecule has 0 saturated carbocycles. The highest BCUT2D eigenvalue weighted by Gasteiger charge is 2.76. The molecular weight excluding hydrogens is 332 g/mol. The van der Waals surface area contributed by atoms with Crippen molar-refractivity contribution in [3.05, 3.63) is 11.9 Å². The first-order valence-corrected chi connectivity index (χ1v) is 4.05. The Kier molecular flexibility index (Phi) is 4.76. The molecule has 0 radical (unpaired) electrons. The first kappa shape index (κ1) is 18.2. The van der Waals surface area contributed by atoms with Gasteiger partial charge in [-0.3, -0.25) is 4.74 Å². The summed E-state index contributed by atoms with van der Waals surface area (Å²) in [6, 6.07) is 0. The summed E-state index contributed by atoms with van der Waals surface area (Å²) in [6.45, 7) is 0. The Morgan fingerprint density at radius 2 is 1.16 bits per heavy atom. The van der Waals surface area contributed by atoms with Crippen molar-refractivity contribution < 1.29 is 53.0 Å². The topological polar surface area (TPSA) is 9.23 Å². The van der Waals surface area contributed by atoms with Gasteiger partial charge in [0, 0.05) is 0 Å². The molecule has 0 heterocycles. The largest absolute Gasteiger partial charge is 0.456 e. The minimum Gasteiger partial charge on any atom is -0.263 e. The molecule has 1 nitrogen and oxygen atoms in total. The molecule has 13 heteroatoms. The number of hydrogen-bond acceptors (Lipinski definition) is 1. The Balaban J connectivity index is 5.71. The average Bonchev–Trinajstić information content (AvgIpc) is 2.11. The molecule has 0 aliphatic rings. The van der Waals surface area contributed by atoms with E-state index in [1.807, 2.05) is 4.74 Å². The van der Waals surface area contributed by atoms with Crippen LogP contribution in [0.4, 0.5) is 48.3 Å². The molecule has 0 amide bonds. The van der Waals surface area contributed by atoms with E-state index in [0.29, 0.717) is 0 Å². The summed E-state index contributed by atoms with van der Waals surface area (Å²) < 4.78 is 134. The predicted octanol–water partition coefficient (Wildman–Crippen LogP) is 4.73. The van der Waals surface area contributed by atoms with E-state index in [2.05, 4.69) is 11.6 Å². The normalized spacial score (nSPS) is 17.1. The highest BCUT2D eigenvalue weighted by molar-refractivity contribution is 6.22. The quantitative estimate of drug-likeness (QED) is 0.534. The maximum absolute atomic E-state index is 12.8. The Morgan fingerprint density at radius 3 is 1.37 bits per heavy atom. The molecule has 0 saturated heterocycles. The first-order valence-electron chi connectivity index (χ1n) is 3.68. The Labute approximate surface area is 101 Å². The van der Waals surface area contributed by atoms with Gasteiger partial charge in [0.25, 0.3) is 5.83 Å². The fraction of sp³-hybridized carbons (Fsp3) is 0.667. The lowest BCUT2D eigenvalue weighted by Crippen LogP contribution is -2.57. The standard InChI is InChI=1S/C6ClF11O/c7-5(14,15)4(13,6(16,17)18)19-3(11,12)1(8)2(9)10. The molecule has 0 aliphatic carbocycles. The molecule has 0 bridgehead atoms. The van der Waals surface area contributed by atoms with Crippen LogP contribution < -0.4 is 0 Å². The van der Waals surface area contributed by atoms with Crippen LogP contribution in [-0.4, -0.2) is 23.5 Å². The molecule has 0 aromatic heterocycles. The minimum absolute atomic E-state index is 1.86. The van der Waals surface area contributed by atoms with E-state index in [1.165, 1.54) is 0 Å². The SMILES string of the molecule is FC(F)=C(F)C(F)(F)OC(F)(C(F)(F)F)C(F)(F)Cl. The zero-order valence-corrected chi connectivity index (χ0v) is 8.70. The van der Waals surface area contributed by atoms with Crippen molar-refractivity contribution in [1.82, 2.24) is 0 Å². The monoisotopic (exact) mass is 332 g/mol. The highest BCUT2D eigenvalue weighted by Crippen LogP contribution is 2.51. The number of halogens is 12. The molecule has 1 atom stereocenters. The number of ether oxygens (including phenoxy) is 1. The van der Waals surface area contributed by atoms with Crippen molar-refractivity contribution >= 4 is 11.6 Å². The smallest absolute Gasteiger partial charge is 0.263 e. The molecule has 1 unspecified atom stereocenters. The van der Waals surface area contributed by atoms with Crippen molar-refractivity contribution in [2.75, 3.05) is 0 Å². The third-order valence-corrected chi connectivity index (χ3v) is 1.66. The second-order valence-electron chi connectivity index (χ2n) is 2.78. The van der Waals surface area contributed by atoms with E-state index in [0.717, 1.165) is 0 Å². The molecule has 19 heavy (non-hydrogen) atoms. The van der Waals surface area contributed by atoms with E-state index < -0.39 is 35.4 Å². The molecule has 0 rings (SSSR count). The molecule has 0 aliphatic heterocycles. The van der Waals surface area contributed by atoms with Gasteiger partial charge in [0.1, 0.15) is 0 Å². The van der Waals surface area contributed by atoms with E-state index in [4.69, 9.17) is 0 Å². The summed E-state index contributed by atoms with van der Waals surface area (Å²) in [4.78, 5) is 0. The fourth-order valence-corrected chi connectivity index (χ4v) is 0.754.